The van der Waals surface area contributed by atoms with Crippen LogP contribution < -0.4 is 5.73 Å². The van der Waals surface area contributed by atoms with Crippen molar-refractivity contribution < 1.29 is 4.39 Å². The second-order valence-electron chi connectivity index (χ2n) is 2.36. The quantitative estimate of drug-likeness (QED) is 0.769. The van der Waals surface area contributed by atoms with E-state index in [4.69, 9.17) is 5.73 Å². The lowest BCUT2D eigenvalue weighted by molar-refractivity contribution is 0.608. The van der Waals surface area contributed by atoms with Gasteiger partial charge in [0.2, 0.25) is 0 Å². The Kier molecular flexibility index (Phi) is 2.62. The molecule has 0 spiro atoms. The zero-order chi connectivity index (χ0) is 8.43. The number of benzene rings is 1. The Bertz CT molecular complexity index is 273. The normalized spacial score (nSPS) is 10.2. The van der Waals surface area contributed by atoms with Crippen molar-refractivity contribution in [1.82, 2.24) is 0 Å². The van der Waals surface area contributed by atoms with Gasteiger partial charge in [-0.15, -0.1) is 0 Å². The fourth-order valence-electron chi connectivity index (χ4n) is 0.902. The molecule has 0 radical (unpaired) electrons. The number of aryl methyl sites for hydroxylation is 1. The van der Waals surface area contributed by atoms with Crippen LogP contribution in [0.2, 0.25) is 0 Å². The highest BCUT2D eigenvalue weighted by Gasteiger charge is 2.06. The van der Waals surface area contributed by atoms with Crippen LogP contribution in [0.4, 0.5) is 4.39 Å². The van der Waals surface area contributed by atoms with Crippen LogP contribution in [0.15, 0.2) is 16.6 Å². The minimum Gasteiger partial charge on any atom is -0.326 e. The van der Waals surface area contributed by atoms with E-state index in [0.29, 0.717) is 5.56 Å². The fraction of sp³-hybridized carbons (Fsp3) is 0.250. The smallest absolute Gasteiger partial charge is 0.128 e. The first-order valence-electron chi connectivity index (χ1n) is 3.30. The molecular weight excluding hydrogens is 209 g/mol. The Labute approximate surface area is 73.5 Å². The number of hydrogen-bond acceptors (Lipinski definition) is 1. The molecule has 11 heavy (non-hydrogen) atoms. The first-order chi connectivity index (χ1) is 5.16. The monoisotopic (exact) mass is 217 g/mol. The van der Waals surface area contributed by atoms with Gasteiger partial charge in [-0.2, -0.15) is 0 Å². The van der Waals surface area contributed by atoms with Crippen LogP contribution in [0.5, 0.6) is 0 Å². The lowest BCUT2D eigenvalue weighted by atomic mass is 10.1. The van der Waals surface area contributed by atoms with Crippen LogP contribution in [0.1, 0.15) is 11.1 Å². The first kappa shape index (κ1) is 8.68. The maximum atomic E-state index is 12.9. The Morgan fingerprint density at radius 3 is 2.64 bits per heavy atom. The van der Waals surface area contributed by atoms with E-state index >= 15 is 0 Å². The molecule has 0 aliphatic rings. The van der Waals surface area contributed by atoms with Gasteiger partial charge in [-0.1, -0.05) is 22.0 Å². The molecule has 1 aromatic carbocycles. The van der Waals surface area contributed by atoms with Crippen LogP contribution in [0.3, 0.4) is 0 Å². The zero-order valence-corrected chi connectivity index (χ0v) is 7.78. The minimum atomic E-state index is -0.245. The molecule has 0 saturated heterocycles. The van der Waals surface area contributed by atoms with E-state index in [9.17, 15) is 4.39 Å². The molecule has 0 saturated carbocycles. The minimum absolute atomic E-state index is 0.230. The molecule has 0 amide bonds. The van der Waals surface area contributed by atoms with E-state index < -0.39 is 0 Å². The molecule has 3 heteroatoms. The highest BCUT2D eigenvalue weighted by Crippen LogP contribution is 2.23. The van der Waals surface area contributed by atoms with Gasteiger partial charge in [-0.25, -0.2) is 4.39 Å². The van der Waals surface area contributed by atoms with Crippen molar-refractivity contribution in [3.8, 4) is 0 Å². The van der Waals surface area contributed by atoms with Crippen molar-refractivity contribution in [2.75, 3.05) is 0 Å². The topological polar surface area (TPSA) is 26.0 Å². The van der Waals surface area contributed by atoms with Crippen molar-refractivity contribution in [2.45, 2.75) is 13.5 Å². The van der Waals surface area contributed by atoms with Crippen LogP contribution in [0, 0.1) is 12.7 Å². The van der Waals surface area contributed by atoms with Gasteiger partial charge < -0.3 is 5.73 Å². The third-order valence-electron chi connectivity index (χ3n) is 1.58. The summed E-state index contributed by atoms with van der Waals surface area (Å²) in [6.45, 7) is 2.14. The van der Waals surface area contributed by atoms with E-state index in [1.165, 1.54) is 6.07 Å². The largest absolute Gasteiger partial charge is 0.326 e. The van der Waals surface area contributed by atoms with Crippen LogP contribution >= 0.6 is 15.9 Å². The molecule has 0 unspecified atom stereocenters. The molecule has 0 fully saturated rings. The molecular formula is C8H9BrFN. The van der Waals surface area contributed by atoms with Crippen molar-refractivity contribution in [1.29, 1.82) is 0 Å². The van der Waals surface area contributed by atoms with E-state index in [0.717, 1.165) is 10.0 Å². The Hall–Kier alpha value is -0.410. The number of hydrogen-bond donors (Lipinski definition) is 1. The summed E-state index contributed by atoms with van der Waals surface area (Å²) in [5.74, 6) is -0.245. The molecule has 1 nitrogen and oxygen atoms in total. The van der Waals surface area contributed by atoms with E-state index in [1.54, 1.807) is 6.07 Å². The predicted molar refractivity (Wildman–Crippen MR) is 46.7 cm³/mol. The molecule has 2 N–H and O–H groups in total. The second kappa shape index (κ2) is 3.32. The molecule has 0 bridgehead atoms. The molecule has 0 aliphatic heterocycles. The lowest BCUT2D eigenvalue weighted by Crippen LogP contribution is -2.01. The van der Waals surface area contributed by atoms with Gasteiger partial charge >= 0.3 is 0 Å². The van der Waals surface area contributed by atoms with Gasteiger partial charge in [0, 0.05) is 16.6 Å². The second-order valence-corrected chi connectivity index (χ2v) is 3.15. The van der Waals surface area contributed by atoms with Crippen LogP contribution in [-0.2, 0) is 6.54 Å². The third-order valence-corrected chi connectivity index (χ3v) is 2.69. The average Bonchev–Trinajstić information content (AvgIpc) is 1.99. The summed E-state index contributed by atoms with van der Waals surface area (Å²) in [6.07, 6.45) is 0. The third kappa shape index (κ3) is 1.60. The average molecular weight is 218 g/mol. The maximum Gasteiger partial charge on any atom is 0.128 e. The number of nitrogens with two attached hydrogens (primary N) is 1. The van der Waals surface area contributed by atoms with Gasteiger partial charge in [0.1, 0.15) is 5.82 Å². The Balaban J connectivity index is 3.29. The summed E-state index contributed by atoms with van der Waals surface area (Å²) in [5.41, 5.74) is 6.90. The molecule has 60 valence electrons. The fourth-order valence-corrected chi connectivity index (χ4v) is 1.39. The van der Waals surface area contributed by atoms with Gasteiger partial charge in [0.15, 0.2) is 0 Å². The van der Waals surface area contributed by atoms with Crippen molar-refractivity contribution in [2.24, 2.45) is 5.73 Å². The Morgan fingerprint density at radius 1 is 1.55 bits per heavy atom. The standard InChI is InChI=1S/C8H9BrFN/c1-5-2-3-7(10)6(4-11)8(5)9/h2-3H,4,11H2,1H3. The van der Waals surface area contributed by atoms with Crippen molar-refractivity contribution in [3.63, 3.8) is 0 Å². The van der Waals surface area contributed by atoms with Crippen molar-refractivity contribution >= 4 is 15.9 Å². The summed E-state index contributed by atoms with van der Waals surface area (Å²) < 4.78 is 13.7. The first-order valence-corrected chi connectivity index (χ1v) is 4.09. The van der Waals surface area contributed by atoms with E-state index in [-0.39, 0.29) is 12.4 Å². The summed E-state index contributed by atoms with van der Waals surface area (Å²) in [5, 5.41) is 0. The van der Waals surface area contributed by atoms with Crippen LogP contribution in [-0.4, -0.2) is 0 Å². The SMILES string of the molecule is Cc1ccc(F)c(CN)c1Br. The molecule has 1 aromatic rings. The highest BCUT2D eigenvalue weighted by molar-refractivity contribution is 9.10. The highest BCUT2D eigenvalue weighted by atomic mass is 79.9. The molecule has 1 rings (SSSR count). The summed E-state index contributed by atoms with van der Waals surface area (Å²) >= 11 is 3.27. The van der Waals surface area contributed by atoms with Gasteiger partial charge in [-0.3, -0.25) is 0 Å². The zero-order valence-electron chi connectivity index (χ0n) is 6.20. The van der Waals surface area contributed by atoms with E-state index in [2.05, 4.69) is 15.9 Å². The molecule has 0 aromatic heterocycles. The number of rotatable bonds is 1. The summed E-state index contributed by atoms with van der Waals surface area (Å²) in [4.78, 5) is 0. The predicted octanol–water partition coefficient (Wildman–Crippen LogP) is 2.36. The molecule has 0 atom stereocenters. The lowest BCUT2D eigenvalue weighted by Gasteiger charge is -2.04. The summed E-state index contributed by atoms with van der Waals surface area (Å²) in [6, 6.07) is 3.15. The Morgan fingerprint density at radius 2 is 2.18 bits per heavy atom. The maximum absolute atomic E-state index is 12.9. The summed E-state index contributed by atoms with van der Waals surface area (Å²) in [7, 11) is 0. The van der Waals surface area contributed by atoms with E-state index in [1.807, 2.05) is 6.92 Å². The number of halogens is 2. The van der Waals surface area contributed by atoms with Gasteiger partial charge in [0.25, 0.3) is 0 Å². The van der Waals surface area contributed by atoms with Crippen molar-refractivity contribution in [3.05, 3.63) is 33.5 Å². The van der Waals surface area contributed by atoms with Gasteiger partial charge in [-0.05, 0) is 18.6 Å². The molecule has 0 heterocycles. The van der Waals surface area contributed by atoms with Gasteiger partial charge in [0.05, 0.1) is 0 Å². The van der Waals surface area contributed by atoms with Crippen LogP contribution in [0.25, 0.3) is 0 Å². The molecule has 0 aliphatic carbocycles.